The molecule has 3 aromatic rings. The molecular weight excluding hydrogens is 381 g/mol. The zero-order valence-electron chi connectivity index (χ0n) is 16.0. The van der Waals surface area contributed by atoms with Crippen LogP contribution in [-0.2, 0) is 6.54 Å². The van der Waals surface area contributed by atoms with Crippen molar-refractivity contribution in [1.82, 2.24) is 30.7 Å². The third-order valence-corrected chi connectivity index (χ3v) is 4.32. The molecule has 0 spiro atoms. The molecule has 4 N–H and O–H groups in total. The van der Waals surface area contributed by atoms with Gasteiger partial charge in [0.2, 0.25) is 11.6 Å². The van der Waals surface area contributed by atoms with Crippen molar-refractivity contribution >= 4 is 17.9 Å². The van der Waals surface area contributed by atoms with Crippen LogP contribution in [0.25, 0.3) is 5.82 Å². The first-order valence-electron chi connectivity index (χ1n) is 8.99. The van der Waals surface area contributed by atoms with Crippen LogP contribution in [0.1, 0.15) is 35.6 Å². The van der Waals surface area contributed by atoms with Gasteiger partial charge in [-0.1, -0.05) is 17.3 Å². The summed E-state index contributed by atoms with van der Waals surface area (Å²) in [4.78, 5) is 13.8. The van der Waals surface area contributed by atoms with Crippen LogP contribution in [0.4, 0.5) is 10.2 Å². The number of hydrogen-bond acceptors (Lipinski definition) is 8. The Morgan fingerprint density at radius 3 is 2.83 bits per heavy atom. The van der Waals surface area contributed by atoms with Gasteiger partial charge >= 0.3 is 0 Å². The van der Waals surface area contributed by atoms with Crippen molar-refractivity contribution in [3.8, 4) is 5.82 Å². The van der Waals surface area contributed by atoms with E-state index in [9.17, 15) is 9.18 Å². The number of rotatable bonds is 8. The molecule has 2 heterocycles. The molecule has 0 saturated heterocycles. The maximum absolute atomic E-state index is 13.2. The lowest BCUT2D eigenvalue weighted by molar-refractivity contribution is -0.910. The fraction of sp³-hybridized carbons (Fsp3) is 0.294. The van der Waals surface area contributed by atoms with Gasteiger partial charge in [0.15, 0.2) is 5.69 Å². The first-order valence-corrected chi connectivity index (χ1v) is 8.99. The van der Waals surface area contributed by atoms with Gasteiger partial charge in [-0.05, 0) is 41.9 Å². The smallest absolute Gasteiger partial charge is 0.294 e. The summed E-state index contributed by atoms with van der Waals surface area (Å²) < 4.78 is 19.2. The minimum Gasteiger partial charge on any atom is -0.378 e. The number of aromatic nitrogens is 5. The van der Waals surface area contributed by atoms with Crippen molar-refractivity contribution in [2.75, 3.05) is 18.8 Å². The van der Waals surface area contributed by atoms with Gasteiger partial charge in [0, 0.05) is 0 Å². The number of quaternary nitrogens is 1. The minimum atomic E-state index is -0.569. The molecule has 2 aromatic heterocycles. The van der Waals surface area contributed by atoms with Crippen LogP contribution in [-0.4, -0.2) is 50.5 Å². The van der Waals surface area contributed by atoms with Gasteiger partial charge in [-0.2, -0.15) is 9.78 Å². The van der Waals surface area contributed by atoms with Crippen molar-refractivity contribution in [3.63, 3.8) is 0 Å². The van der Waals surface area contributed by atoms with Crippen LogP contribution in [0.15, 0.2) is 34.0 Å². The Balaban J connectivity index is 1.86. The van der Waals surface area contributed by atoms with Gasteiger partial charge in [-0.15, -0.1) is 5.10 Å². The second-order valence-corrected chi connectivity index (χ2v) is 6.16. The summed E-state index contributed by atoms with van der Waals surface area (Å²) in [6.07, 6.45) is 1.33. The number of amides is 1. The molecule has 1 amide bonds. The fourth-order valence-corrected chi connectivity index (χ4v) is 2.69. The Bertz CT molecular complexity index is 1010. The molecule has 0 atom stereocenters. The normalized spacial score (nSPS) is 11.4. The second-order valence-electron chi connectivity index (χ2n) is 6.16. The van der Waals surface area contributed by atoms with E-state index in [0.717, 1.165) is 13.1 Å². The molecule has 0 bridgehead atoms. The van der Waals surface area contributed by atoms with Crippen LogP contribution < -0.4 is 16.1 Å². The first kappa shape index (κ1) is 20.1. The van der Waals surface area contributed by atoms with Gasteiger partial charge in [0.1, 0.15) is 18.1 Å². The molecule has 3 rings (SSSR count). The van der Waals surface area contributed by atoms with Gasteiger partial charge in [-0.25, -0.2) is 14.4 Å². The van der Waals surface area contributed by atoms with Crippen LogP contribution >= 0.6 is 0 Å². The van der Waals surface area contributed by atoms with Gasteiger partial charge in [0.05, 0.1) is 19.3 Å². The summed E-state index contributed by atoms with van der Waals surface area (Å²) in [5.74, 6) is -0.782. The first-order chi connectivity index (χ1) is 14.0. The SMILES string of the molecule is CC[NH+](CC)Cc1c(C(=O)NN=Cc2cccc(F)c2)nnn1-c1nonc1N. The standard InChI is InChI=1S/C17H20FN9O2/c1-3-26(4-2)10-13-14(21-25-27(13)16-15(19)23-29-24-16)17(28)22-20-9-11-6-5-7-12(18)8-11/h5-9H,3-4,10H2,1-2H3,(H2,19,23)(H,22,28)/p+1. The molecule has 0 saturated carbocycles. The van der Waals surface area contributed by atoms with Gasteiger partial charge < -0.3 is 10.6 Å². The van der Waals surface area contributed by atoms with E-state index in [1.54, 1.807) is 12.1 Å². The predicted molar refractivity (Wildman–Crippen MR) is 101 cm³/mol. The highest BCUT2D eigenvalue weighted by atomic mass is 19.1. The zero-order chi connectivity index (χ0) is 20.8. The highest BCUT2D eigenvalue weighted by Gasteiger charge is 2.26. The van der Waals surface area contributed by atoms with Crippen molar-refractivity contribution in [2.45, 2.75) is 20.4 Å². The summed E-state index contributed by atoms with van der Waals surface area (Å²) in [5.41, 5.74) is 9.21. The van der Waals surface area contributed by atoms with Crippen molar-refractivity contribution < 1.29 is 18.7 Å². The number of halogens is 1. The number of nitrogen functional groups attached to an aromatic ring is 1. The molecule has 0 fully saturated rings. The third-order valence-electron chi connectivity index (χ3n) is 4.32. The number of anilines is 1. The number of hydrogen-bond donors (Lipinski definition) is 3. The minimum absolute atomic E-state index is 0.0294. The molecular formula is C17H21FN9O2+. The molecule has 0 aliphatic carbocycles. The fourth-order valence-electron chi connectivity index (χ4n) is 2.69. The van der Waals surface area contributed by atoms with E-state index in [0.29, 0.717) is 17.8 Å². The number of carbonyl (C=O) groups is 1. The molecule has 29 heavy (non-hydrogen) atoms. The summed E-state index contributed by atoms with van der Waals surface area (Å²) in [7, 11) is 0. The highest BCUT2D eigenvalue weighted by Crippen LogP contribution is 2.15. The molecule has 12 heteroatoms. The van der Waals surface area contributed by atoms with E-state index >= 15 is 0 Å². The van der Waals surface area contributed by atoms with Crippen LogP contribution in [0.2, 0.25) is 0 Å². The summed E-state index contributed by atoms with van der Waals surface area (Å²) in [6, 6.07) is 5.82. The Morgan fingerprint density at radius 2 is 2.17 bits per heavy atom. The predicted octanol–water partition coefficient (Wildman–Crippen LogP) is -0.440. The highest BCUT2D eigenvalue weighted by molar-refractivity contribution is 5.94. The molecule has 0 aliphatic heterocycles. The Labute approximate surface area is 165 Å². The monoisotopic (exact) mass is 402 g/mol. The molecule has 0 radical (unpaired) electrons. The molecule has 0 aliphatic rings. The number of nitrogens with one attached hydrogen (secondary N) is 2. The van der Waals surface area contributed by atoms with E-state index in [4.69, 9.17) is 5.73 Å². The molecule has 0 unspecified atom stereocenters. The topological polar surface area (TPSA) is 142 Å². The maximum Gasteiger partial charge on any atom is 0.294 e. The van der Waals surface area contributed by atoms with E-state index < -0.39 is 11.7 Å². The number of benzene rings is 1. The quantitative estimate of drug-likeness (QED) is 0.342. The van der Waals surface area contributed by atoms with E-state index in [1.165, 1.54) is 27.9 Å². The molecule has 11 nitrogen and oxygen atoms in total. The number of nitrogens with zero attached hydrogens (tertiary/aromatic N) is 6. The van der Waals surface area contributed by atoms with Crippen LogP contribution in [0, 0.1) is 5.82 Å². The second kappa shape index (κ2) is 9.01. The Kier molecular flexibility index (Phi) is 6.24. The summed E-state index contributed by atoms with van der Waals surface area (Å²) in [6.45, 7) is 6.16. The van der Waals surface area contributed by atoms with Gasteiger partial charge in [0.25, 0.3) is 5.91 Å². The lowest BCUT2D eigenvalue weighted by Crippen LogP contribution is -3.10. The molecule has 1 aromatic carbocycles. The van der Waals surface area contributed by atoms with E-state index in [2.05, 4.69) is 35.8 Å². The zero-order valence-corrected chi connectivity index (χ0v) is 16.0. The lowest BCUT2D eigenvalue weighted by Gasteiger charge is -2.15. The largest absolute Gasteiger partial charge is 0.378 e. The van der Waals surface area contributed by atoms with Gasteiger partial charge in [-0.3, -0.25) is 4.79 Å². The lowest BCUT2D eigenvalue weighted by atomic mass is 10.2. The van der Waals surface area contributed by atoms with E-state index in [-0.39, 0.29) is 17.3 Å². The summed E-state index contributed by atoms with van der Waals surface area (Å²) in [5, 5.41) is 19.1. The van der Waals surface area contributed by atoms with Crippen LogP contribution in [0.3, 0.4) is 0 Å². The Hall–Kier alpha value is -3.67. The summed E-state index contributed by atoms with van der Waals surface area (Å²) >= 11 is 0. The molecule has 152 valence electrons. The van der Waals surface area contributed by atoms with Crippen molar-refractivity contribution in [2.24, 2.45) is 5.10 Å². The van der Waals surface area contributed by atoms with E-state index in [1.807, 2.05) is 13.8 Å². The maximum atomic E-state index is 13.2. The number of carbonyl (C=O) groups excluding carboxylic acids is 1. The van der Waals surface area contributed by atoms with Crippen LogP contribution in [0.5, 0.6) is 0 Å². The van der Waals surface area contributed by atoms with Crippen molar-refractivity contribution in [1.29, 1.82) is 0 Å². The third kappa shape index (κ3) is 4.60. The average molecular weight is 402 g/mol. The number of hydrazone groups is 1. The number of nitrogens with two attached hydrogens (primary N) is 1. The average Bonchev–Trinajstić information content (AvgIpc) is 3.31. The van der Waals surface area contributed by atoms with Crippen molar-refractivity contribution in [3.05, 3.63) is 47.0 Å². The Morgan fingerprint density at radius 1 is 1.38 bits per heavy atom.